The van der Waals surface area contributed by atoms with Crippen LogP contribution in [0.3, 0.4) is 0 Å². The number of aryl methyl sites for hydroxylation is 1. The molecule has 0 spiro atoms. The van der Waals surface area contributed by atoms with Gasteiger partial charge in [0.25, 0.3) is 0 Å². The van der Waals surface area contributed by atoms with Crippen molar-refractivity contribution < 1.29 is 14.3 Å². The van der Waals surface area contributed by atoms with Crippen molar-refractivity contribution in [1.82, 2.24) is 20.2 Å². The van der Waals surface area contributed by atoms with Gasteiger partial charge in [0.1, 0.15) is 5.82 Å². The van der Waals surface area contributed by atoms with Crippen molar-refractivity contribution in [2.45, 2.75) is 26.8 Å². The molecule has 29 heavy (non-hydrogen) atoms. The van der Waals surface area contributed by atoms with Crippen molar-refractivity contribution in [2.75, 3.05) is 19.7 Å². The van der Waals surface area contributed by atoms with E-state index in [4.69, 9.17) is 9.72 Å². The van der Waals surface area contributed by atoms with Crippen molar-refractivity contribution in [3.05, 3.63) is 54.1 Å². The first-order chi connectivity index (χ1) is 14.1. The molecule has 0 aliphatic rings. The van der Waals surface area contributed by atoms with Crippen LogP contribution in [0, 0.1) is 6.92 Å². The van der Waals surface area contributed by atoms with Crippen LogP contribution in [-0.4, -0.2) is 41.2 Å². The molecular weight excluding hydrogens is 368 g/mol. The molecule has 0 aliphatic carbocycles. The van der Waals surface area contributed by atoms with E-state index >= 15 is 0 Å². The molecule has 0 bridgehead atoms. The van der Waals surface area contributed by atoms with E-state index in [0.29, 0.717) is 19.7 Å². The van der Waals surface area contributed by atoms with Gasteiger partial charge >= 0.3 is 12.0 Å². The Bertz CT molecular complexity index is 979. The molecule has 0 saturated heterocycles. The Morgan fingerprint density at radius 2 is 1.76 bits per heavy atom. The van der Waals surface area contributed by atoms with Crippen LogP contribution >= 0.6 is 0 Å². The lowest BCUT2D eigenvalue weighted by atomic mass is 10.1. The number of para-hydroxylation sites is 2. The highest BCUT2D eigenvalue weighted by Gasteiger charge is 2.12. The summed E-state index contributed by atoms with van der Waals surface area (Å²) in [6.07, 6.45) is 0.158. The Morgan fingerprint density at radius 1 is 1.03 bits per heavy atom. The molecule has 2 amide bonds. The molecule has 0 unspecified atom stereocenters. The molecule has 0 fully saturated rings. The molecule has 2 N–H and O–H groups in total. The van der Waals surface area contributed by atoms with Gasteiger partial charge in [0.05, 0.1) is 24.1 Å². The first kappa shape index (κ1) is 20.4. The Morgan fingerprint density at radius 3 is 2.52 bits per heavy atom. The van der Waals surface area contributed by atoms with Crippen molar-refractivity contribution in [3.63, 3.8) is 0 Å². The molecule has 1 aromatic heterocycles. The number of aromatic nitrogens is 2. The zero-order chi connectivity index (χ0) is 20.6. The zero-order valence-corrected chi connectivity index (χ0v) is 16.8. The smallest absolute Gasteiger partial charge is 0.314 e. The van der Waals surface area contributed by atoms with Crippen LogP contribution < -0.4 is 10.6 Å². The Hall–Kier alpha value is -3.35. The summed E-state index contributed by atoms with van der Waals surface area (Å²) in [6.45, 7) is 5.40. The van der Waals surface area contributed by atoms with E-state index in [1.165, 1.54) is 5.56 Å². The quantitative estimate of drug-likeness (QED) is 0.574. The maximum atomic E-state index is 12.0. The van der Waals surface area contributed by atoms with E-state index in [1.807, 2.05) is 24.3 Å². The average Bonchev–Trinajstić information content (AvgIpc) is 3.07. The van der Waals surface area contributed by atoms with Gasteiger partial charge in [0.2, 0.25) is 0 Å². The molecule has 7 heteroatoms. The van der Waals surface area contributed by atoms with Crippen molar-refractivity contribution in [2.24, 2.45) is 0 Å². The van der Waals surface area contributed by atoms with Crippen molar-refractivity contribution in [3.8, 4) is 11.4 Å². The van der Waals surface area contributed by atoms with Gasteiger partial charge in [0.15, 0.2) is 0 Å². The highest BCUT2D eigenvalue weighted by atomic mass is 16.5. The summed E-state index contributed by atoms with van der Waals surface area (Å²) in [4.78, 5) is 28.1. The number of ether oxygens (including phenoxy) is 1. The highest BCUT2D eigenvalue weighted by molar-refractivity contribution is 5.80. The molecule has 3 rings (SSSR count). The number of nitrogens with zero attached hydrogens (tertiary/aromatic N) is 2. The predicted octanol–water partition coefficient (Wildman–Crippen LogP) is 3.26. The standard InChI is InChI=1S/C22H26N4O3/c1-3-29-20(27)12-13-23-22(28)24-14-15-26-19-7-5-4-6-18(19)25-21(26)17-10-8-16(2)9-11-17/h4-11H,3,12-15H2,1-2H3,(H2,23,24,28). The van der Waals surface area contributed by atoms with Gasteiger partial charge in [-0.1, -0.05) is 42.0 Å². The van der Waals surface area contributed by atoms with Gasteiger partial charge in [-0.25, -0.2) is 9.78 Å². The molecule has 0 radical (unpaired) electrons. The molecule has 7 nitrogen and oxygen atoms in total. The third-order valence-corrected chi connectivity index (χ3v) is 4.51. The molecule has 2 aromatic carbocycles. The number of hydrogen-bond acceptors (Lipinski definition) is 4. The first-order valence-electron chi connectivity index (χ1n) is 9.78. The normalized spacial score (nSPS) is 10.7. The number of urea groups is 1. The van der Waals surface area contributed by atoms with E-state index < -0.39 is 0 Å². The third kappa shape index (κ3) is 5.34. The average molecular weight is 394 g/mol. The molecule has 0 aliphatic heterocycles. The van der Waals surface area contributed by atoms with Gasteiger partial charge in [-0.3, -0.25) is 4.79 Å². The van der Waals surface area contributed by atoms with Crippen LogP contribution in [-0.2, 0) is 16.1 Å². The monoisotopic (exact) mass is 394 g/mol. The number of carbonyl (C=O) groups is 2. The van der Waals surface area contributed by atoms with E-state index in [0.717, 1.165) is 22.4 Å². The van der Waals surface area contributed by atoms with Crippen LogP contribution in [0.1, 0.15) is 18.9 Å². The van der Waals surface area contributed by atoms with Gasteiger partial charge in [-0.15, -0.1) is 0 Å². The van der Waals surface area contributed by atoms with E-state index in [9.17, 15) is 9.59 Å². The molecular formula is C22H26N4O3. The van der Waals surface area contributed by atoms with Gasteiger partial charge in [-0.2, -0.15) is 0 Å². The minimum atomic E-state index is -0.319. The number of carbonyl (C=O) groups excluding carboxylic acids is 2. The molecule has 1 heterocycles. The number of benzene rings is 2. The molecule has 152 valence electrons. The molecule has 0 saturated carbocycles. The Kier molecular flexibility index (Phi) is 6.84. The third-order valence-electron chi connectivity index (χ3n) is 4.51. The summed E-state index contributed by atoms with van der Waals surface area (Å²) in [5.41, 5.74) is 4.16. The van der Waals surface area contributed by atoms with Crippen LogP contribution in [0.5, 0.6) is 0 Å². The summed E-state index contributed by atoms with van der Waals surface area (Å²) >= 11 is 0. The lowest BCUT2D eigenvalue weighted by molar-refractivity contribution is -0.142. The maximum absolute atomic E-state index is 12.0. The lowest BCUT2D eigenvalue weighted by Crippen LogP contribution is -2.38. The van der Waals surface area contributed by atoms with Crippen LogP contribution in [0.4, 0.5) is 4.79 Å². The second-order valence-corrected chi connectivity index (χ2v) is 6.68. The number of hydrogen-bond donors (Lipinski definition) is 2. The van der Waals surface area contributed by atoms with Gasteiger partial charge < -0.3 is 19.9 Å². The number of rotatable bonds is 8. The summed E-state index contributed by atoms with van der Waals surface area (Å²) < 4.78 is 6.95. The number of amides is 2. The molecule has 3 aromatic rings. The fraction of sp³-hybridized carbons (Fsp3) is 0.318. The van der Waals surface area contributed by atoms with Gasteiger partial charge in [0, 0.05) is 25.2 Å². The number of esters is 1. The van der Waals surface area contributed by atoms with Gasteiger partial charge in [-0.05, 0) is 26.0 Å². The van der Waals surface area contributed by atoms with E-state index in [-0.39, 0.29) is 25.0 Å². The SMILES string of the molecule is CCOC(=O)CCNC(=O)NCCn1c(-c2ccc(C)cc2)nc2ccccc21. The topological polar surface area (TPSA) is 85.2 Å². The second-order valence-electron chi connectivity index (χ2n) is 6.68. The van der Waals surface area contributed by atoms with Crippen LogP contribution in [0.25, 0.3) is 22.4 Å². The highest BCUT2D eigenvalue weighted by Crippen LogP contribution is 2.24. The Labute approximate surface area is 170 Å². The minimum absolute atomic E-state index is 0.158. The fourth-order valence-corrected chi connectivity index (χ4v) is 3.08. The lowest BCUT2D eigenvalue weighted by Gasteiger charge is -2.11. The van der Waals surface area contributed by atoms with Crippen LogP contribution in [0.2, 0.25) is 0 Å². The second kappa shape index (κ2) is 9.73. The molecule has 0 atom stereocenters. The number of fused-ring (bicyclic) bond motifs is 1. The van der Waals surface area contributed by atoms with E-state index in [1.54, 1.807) is 6.92 Å². The first-order valence-corrected chi connectivity index (χ1v) is 9.78. The summed E-state index contributed by atoms with van der Waals surface area (Å²) in [5, 5.41) is 5.49. The zero-order valence-electron chi connectivity index (χ0n) is 16.8. The largest absolute Gasteiger partial charge is 0.466 e. The Balaban J connectivity index is 1.63. The maximum Gasteiger partial charge on any atom is 0.314 e. The minimum Gasteiger partial charge on any atom is -0.466 e. The van der Waals surface area contributed by atoms with Crippen LogP contribution in [0.15, 0.2) is 48.5 Å². The number of nitrogens with one attached hydrogen (secondary N) is 2. The van der Waals surface area contributed by atoms with Crippen molar-refractivity contribution in [1.29, 1.82) is 0 Å². The fourth-order valence-electron chi connectivity index (χ4n) is 3.08. The number of imidazole rings is 1. The van der Waals surface area contributed by atoms with E-state index in [2.05, 4.69) is 46.4 Å². The summed E-state index contributed by atoms with van der Waals surface area (Å²) in [7, 11) is 0. The summed E-state index contributed by atoms with van der Waals surface area (Å²) in [6, 6.07) is 15.9. The summed E-state index contributed by atoms with van der Waals surface area (Å²) in [5.74, 6) is 0.552. The van der Waals surface area contributed by atoms with Crippen molar-refractivity contribution >= 4 is 23.0 Å². The predicted molar refractivity (Wildman–Crippen MR) is 113 cm³/mol.